The van der Waals surface area contributed by atoms with E-state index in [2.05, 4.69) is 0 Å². The first-order chi connectivity index (χ1) is 7.16. The van der Waals surface area contributed by atoms with Gasteiger partial charge in [0.15, 0.2) is 5.75 Å². The Hall–Kier alpha value is -1.74. The summed E-state index contributed by atoms with van der Waals surface area (Å²) >= 11 is 5.75. The molecular formula is C11H8ClNO2. The molecule has 0 amide bonds. The third kappa shape index (κ3) is 2.02. The van der Waals surface area contributed by atoms with Crippen molar-refractivity contribution < 1.29 is 5.11 Å². The molecule has 0 aliphatic rings. The summed E-state index contributed by atoms with van der Waals surface area (Å²) in [5, 5.41) is 9.90. The maximum absolute atomic E-state index is 11.0. The van der Waals surface area contributed by atoms with E-state index in [-0.39, 0.29) is 11.2 Å². The summed E-state index contributed by atoms with van der Waals surface area (Å²) in [6.45, 7) is 0. The predicted octanol–water partition coefficient (Wildman–Crippen LogP) is 2.20. The number of hydrogen-bond donors (Lipinski definition) is 1. The molecule has 0 spiro atoms. The summed E-state index contributed by atoms with van der Waals surface area (Å²) in [5.41, 5.74) is 0.440. The lowest BCUT2D eigenvalue weighted by molar-refractivity contribution is 0.465. The van der Waals surface area contributed by atoms with Crippen LogP contribution in [0, 0.1) is 0 Å². The number of aromatic nitrogens is 1. The van der Waals surface area contributed by atoms with E-state index in [1.807, 2.05) is 0 Å². The van der Waals surface area contributed by atoms with Crippen molar-refractivity contribution in [3.63, 3.8) is 0 Å². The lowest BCUT2D eigenvalue weighted by Crippen LogP contribution is -2.03. The Morgan fingerprint density at radius 2 is 1.80 bits per heavy atom. The van der Waals surface area contributed by atoms with Crippen LogP contribution in [0.25, 0.3) is 5.69 Å². The molecule has 0 saturated heterocycles. The molecule has 2 aromatic rings. The highest BCUT2D eigenvalue weighted by molar-refractivity contribution is 6.30. The molecule has 0 atom stereocenters. The average molecular weight is 222 g/mol. The van der Waals surface area contributed by atoms with Gasteiger partial charge in [-0.2, -0.15) is 0 Å². The number of aromatic hydroxyl groups is 1. The van der Waals surface area contributed by atoms with Crippen molar-refractivity contribution in [2.45, 2.75) is 0 Å². The average Bonchev–Trinajstić information content (AvgIpc) is 2.23. The zero-order valence-corrected chi connectivity index (χ0v) is 8.48. The molecule has 1 aromatic heterocycles. The summed E-state index contributed by atoms with van der Waals surface area (Å²) in [7, 11) is 0. The summed E-state index contributed by atoms with van der Waals surface area (Å²) in [6.07, 6.45) is 2.96. The molecule has 4 heteroatoms. The molecule has 0 unspecified atom stereocenters. The van der Waals surface area contributed by atoms with Crippen molar-refractivity contribution in [2.75, 3.05) is 0 Å². The van der Waals surface area contributed by atoms with Gasteiger partial charge in [-0.1, -0.05) is 11.6 Å². The molecular weight excluding hydrogens is 214 g/mol. The van der Waals surface area contributed by atoms with Gasteiger partial charge >= 0.3 is 0 Å². The lowest BCUT2D eigenvalue weighted by atomic mass is 10.3. The van der Waals surface area contributed by atoms with Crippen LogP contribution in [0.3, 0.4) is 0 Å². The predicted molar refractivity (Wildman–Crippen MR) is 58.7 cm³/mol. The molecule has 0 bridgehead atoms. The summed E-state index contributed by atoms with van der Waals surface area (Å²) < 4.78 is 1.65. The van der Waals surface area contributed by atoms with Crippen LogP contribution in [-0.2, 0) is 0 Å². The van der Waals surface area contributed by atoms with Crippen molar-refractivity contribution in [1.82, 2.24) is 4.57 Å². The van der Waals surface area contributed by atoms with Crippen molar-refractivity contribution in [3.8, 4) is 11.4 Å². The molecule has 2 rings (SSSR count). The van der Waals surface area contributed by atoms with Crippen LogP contribution >= 0.6 is 11.6 Å². The van der Waals surface area contributed by atoms with Crippen molar-refractivity contribution >= 4 is 11.6 Å². The molecule has 3 nitrogen and oxygen atoms in total. The van der Waals surface area contributed by atoms with Crippen LogP contribution in [0.2, 0.25) is 5.02 Å². The standard InChI is InChI=1S/C11H8ClNO2/c12-8-1-3-9(4-2-8)13-6-5-10(14)11(15)7-13/h1-7,15H. The molecule has 0 fully saturated rings. The number of hydrogen-bond acceptors (Lipinski definition) is 2. The Kier molecular flexibility index (Phi) is 2.47. The summed E-state index contributed by atoms with van der Waals surface area (Å²) in [6, 6.07) is 8.39. The molecule has 0 saturated carbocycles. The highest BCUT2D eigenvalue weighted by Gasteiger charge is 1.98. The Balaban J connectivity index is 2.50. The van der Waals surface area contributed by atoms with Gasteiger partial charge in [-0.05, 0) is 24.3 Å². The summed E-state index contributed by atoms with van der Waals surface area (Å²) in [4.78, 5) is 11.0. The van der Waals surface area contributed by atoms with Gasteiger partial charge in [-0.15, -0.1) is 0 Å². The van der Waals surface area contributed by atoms with Crippen LogP contribution in [-0.4, -0.2) is 9.67 Å². The second kappa shape index (κ2) is 3.79. The molecule has 0 radical (unpaired) electrons. The Morgan fingerprint density at radius 1 is 1.13 bits per heavy atom. The topological polar surface area (TPSA) is 42.2 Å². The van der Waals surface area contributed by atoms with E-state index < -0.39 is 0 Å². The number of nitrogens with zero attached hydrogens (tertiary/aromatic N) is 1. The number of pyridine rings is 1. The molecule has 0 aliphatic heterocycles. The minimum absolute atomic E-state index is 0.271. The fourth-order valence-electron chi connectivity index (χ4n) is 1.25. The molecule has 76 valence electrons. The fourth-order valence-corrected chi connectivity index (χ4v) is 1.37. The maximum atomic E-state index is 11.0. The van der Waals surface area contributed by atoms with Gasteiger partial charge in [-0.3, -0.25) is 4.79 Å². The largest absolute Gasteiger partial charge is 0.503 e. The van der Waals surface area contributed by atoms with Gasteiger partial charge in [0.25, 0.3) is 0 Å². The van der Waals surface area contributed by atoms with Crippen molar-refractivity contribution in [1.29, 1.82) is 0 Å². The van der Waals surface area contributed by atoms with Gasteiger partial charge in [0.1, 0.15) is 0 Å². The van der Waals surface area contributed by atoms with Crippen LogP contribution in [0.1, 0.15) is 0 Å². The highest BCUT2D eigenvalue weighted by atomic mass is 35.5. The van der Waals surface area contributed by atoms with E-state index in [0.717, 1.165) is 5.69 Å². The smallest absolute Gasteiger partial charge is 0.223 e. The lowest BCUT2D eigenvalue weighted by Gasteiger charge is -2.05. The first-order valence-corrected chi connectivity index (χ1v) is 4.72. The Morgan fingerprint density at radius 3 is 2.40 bits per heavy atom. The first-order valence-electron chi connectivity index (χ1n) is 4.34. The van der Waals surface area contributed by atoms with Crippen LogP contribution in [0.5, 0.6) is 5.75 Å². The van der Waals surface area contributed by atoms with E-state index in [0.29, 0.717) is 5.02 Å². The summed E-state index contributed by atoms with van der Waals surface area (Å²) in [5.74, 6) is -0.271. The molecule has 1 aromatic carbocycles. The van der Waals surface area contributed by atoms with E-state index in [1.54, 1.807) is 35.0 Å². The second-order valence-electron chi connectivity index (χ2n) is 3.08. The van der Waals surface area contributed by atoms with E-state index in [4.69, 9.17) is 11.6 Å². The number of benzene rings is 1. The van der Waals surface area contributed by atoms with Gasteiger partial charge in [-0.25, -0.2) is 0 Å². The Labute approximate surface area is 91.2 Å². The molecule has 0 aliphatic carbocycles. The number of halogens is 1. The van der Waals surface area contributed by atoms with Crippen LogP contribution in [0.15, 0.2) is 47.5 Å². The van der Waals surface area contributed by atoms with E-state index in [9.17, 15) is 9.90 Å². The zero-order chi connectivity index (χ0) is 10.8. The quantitative estimate of drug-likeness (QED) is 0.802. The third-order valence-corrected chi connectivity index (χ3v) is 2.28. The minimum atomic E-state index is -0.389. The van der Waals surface area contributed by atoms with Crippen LogP contribution in [0.4, 0.5) is 0 Å². The normalized spacial score (nSPS) is 10.2. The zero-order valence-electron chi connectivity index (χ0n) is 7.72. The monoisotopic (exact) mass is 221 g/mol. The third-order valence-electron chi connectivity index (χ3n) is 2.03. The second-order valence-corrected chi connectivity index (χ2v) is 3.51. The SMILES string of the molecule is O=c1ccn(-c2ccc(Cl)cc2)cc1O. The van der Waals surface area contributed by atoms with Crippen LogP contribution < -0.4 is 5.43 Å². The Bertz CT molecular complexity index is 531. The highest BCUT2D eigenvalue weighted by Crippen LogP contribution is 2.13. The molecule has 1 heterocycles. The molecule has 1 N–H and O–H groups in total. The molecule has 15 heavy (non-hydrogen) atoms. The van der Waals surface area contributed by atoms with E-state index in [1.165, 1.54) is 12.3 Å². The maximum Gasteiger partial charge on any atom is 0.223 e. The van der Waals surface area contributed by atoms with Gasteiger partial charge in [0.05, 0.1) is 6.20 Å². The first kappa shape index (κ1) is 9.80. The minimum Gasteiger partial charge on any atom is -0.503 e. The van der Waals surface area contributed by atoms with Crippen molar-refractivity contribution in [3.05, 3.63) is 58.0 Å². The number of rotatable bonds is 1. The fraction of sp³-hybridized carbons (Fsp3) is 0. The van der Waals surface area contributed by atoms with Gasteiger partial charge in [0, 0.05) is 23.0 Å². The van der Waals surface area contributed by atoms with Gasteiger partial charge in [0.2, 0.25) is 5.43 Å². The van der Waals surface area contributed by atoms with E-state index >= 15 is 0 Å². The van der Waals surface area contributed by atoms with Gasteiger partial charge < -0.3 is 9.67 Å². The van der Waals surface area contributed by atoms with Crippen molar-refractivity contribution in [2.24, 2.45) is 0 Å².